The van der Waals surface area contributed by atoms with Crippen LogP contribution < -0.4 is 5.32 Å². The van der Waals surface area contributed by atoms with Crippen molar-refractivity contribution in [3.8, 4) is 0 Å². The predicted molar refractivity (Wildman–Crippen MR) is 76.3 cm³/mol. The van der Waals surface area contributed by atoms with Crippen LogP contribution in [0.15, 0.2) is 0 Å². The van der Waals surface area contributed by atoms with E-state index >= 15 is 0 Å². The Morgan fingerprint density at radius 2 is 2.05 bits per heavy atom. The molecule has 0 spiro atoms. The normalized spacial score (nSPS) is 21.1. The second-order valence-corrected chi connectivity index (χ2v) is 6.35. The molecule has 116 valence electrons. The van der Waals surface area contributed by atoms with E-state index in [-0.39, 0.29) is 12.0 Å². The number of rotatable bonds is 5. The Kier molecular flexibility index (Phi) is 6.46. The third-order valence-corrected chi connectivity index (χ3v) is 3.11. The fraction of sp³-hybridized carbons (Fsp3) is 0.867. The Bertz CT molecular complexity index is 329. The average Bonchev–Trinajstić information content (AvgIpc) is 2.35. The number of hydrogen-bond acceptors (Lipinski definition) is 4. The second kappa shape index (κ2) is 7.62. The van der Waals surface area contributed by atoms with Crippen LogP contribution in [0.2, 0.25) is 0 Å². The van der Waals surface area contributed by atoms with E-state index in [1.54, 1.807) is 27.7 Å². The highest BCUT2D eigenvalue weighted by Gasteiger charge is 2.23. The molecule has 20 heavy (non-hydrogen) atoms. The SMILES string of the molecule is C[C@H](NC(=O)CCC1CCCCO1)C(=O)OC(C)(C)C. The van der Waals surface area contributed by atoms with Crippen LogP contribution in [0.25, 0.3) is 0 Å². The largest absolute Gasteiger partial charge is 0.458 e. The van der Waals surface area contributed by atoms with Crippen LogP contribution in [-0.4, -0.2) is 36.2 Å². The van der Waals surface area contributed by atoms with Gasteiger partial charge in [0.2, 0.25) is 5.91 Å². The monoisotopic (exact) mass is 285 g/mol. The molecular formula is C15H27NO4. The highest BCUT2D eigenvalue weighted by Crippen LogP contribution is 2.16. The average molecular weight is 285 g/mol. The van der Waals surface area contributed by atoms with Crippen molar-refractivity contribution in [3.63, 3.8) is 0 Å². The van der Waals surface area contributed by atoms with Gasteiger partial charge in [-0.3, -0.25) is 4.79 Å². The molecule has 0 aromatic rings. The Hall–Kier alpha value is -1.10. The molecule has 1 aliphatic heterocycles. The lowest BCUT2D eigenvalue weighted by molar-refractivity contribution is -0.158. The van der Waals surface area contributed by atoms with Crippen molar-refractivity contribution < 1.29 is 19.1 Å². The summed E-state index contributed by atoms with van der Waals surface area (Å²) in [6.45, 7) is 7.85. The number of esters is 1. The van der Waals surface area contributed by atoms with Crippen LogP contribution in [0.5, 0.6) is 0 Å². The molecule has 5 nitrogen and oxygen atoms in total. The smallest absolute Gasteiger partial charge is 0.328 e. The second-order valence-electron chi connectivity index (χ2n) is 6.35. The zero-order valence-electron chi connectivity index (χ0n) is 13.0. The van der Waals surface area contributed by atoms with E-state index in [0.29, 0.717) is 12.8 Å². The maximum absolute atomic E-state index is 11.8. The Morgan fingerprint density at radius 3 is 2.60 bits per heavy atom. The summed E-state index contributed by atoms with van der Waals surface area (Å²) in [6.07, 6.45) is 4.59. The van der Waals surface area contributed by atoms with Gasteiger partial charge in [0.25, 0.3) is 0 Å². The summed E-state index contributed by atoms with van der Waals surface area (Å²) in [5, 5.41) is 2.67. The van der Waals surface area contributed by atoms with E-state index in [0.717, 1.165) is 19.4 Å². The minimum atomic E-state index is -0.617. The van der Waals surface area contributed by atoms with Crippen molar-refractivity contribution in [1.29, 1.82) is 0 Å². The summed E-state index contributed by atoms with van der Waals surface area (Å²) >= 11 is 0. The van der Waals surface area contributed by atoms with Crippen molar-refractivity contribution in [2.45, 2.75) is 77.5 Å². The molecule has 1 heterocycles. The topological polar surface area (TPSA) is 64.6 Å². The van der Waals surface area contributed by atoms with Crippen molar-refractivity contribution >= 4 is 11.9 Å². The first-order valence-electron chi connectivity index (χ1n) is 7.42. The molecule has 0 bridgehead atoms. The van der Waals surface area contributed by atoms with Gasteiger partial charge in [0.05, 0.1) is 6.10 Å². The summed E-state index contributed by atoms with van der Waals surface area (Å²) in [5.74, 6) is -0.530. The predicted octanol–water partition coefficient (Wildman–Crippen LogP) is 2.18. The number of amides is 1. The van der Waals surface area contributed by atoms with Gasteiger partial charge in [-0.15, -0.1) is 0 Å². The Balaban J connectivity index is 2.25. The Morgan fingerprint density at radius 1 is 1.35 bits per heavy atom. The molecule has 1 amide bonds. The number of ether oxygens (including phenoxy) is 2. The van der Waals surface area contributed by atoms with Gasteiger partial charge in [0.15, 0.2) is 0 Å². The van der Waals surface area contributed by atoms with Crippen molar-refractivity contribution in [1.82, 2.24) is 5.32 Å². The van der Waals surface area contributed by atoms with E-state index < -0.39 is 17.6 Å². The van der Waals surface area contributed by atoms with Crippen LogP contribution >= 0.6 is 0 Å². The standard InChI is InChI=1S/C15H27NO4/c1-11(14(18)20-15(2,3)4)16-13(17)9-8-12-7-5-6-10-19-12/h11-12H,5-10H2,1-4H3,(H,16,17)/t11-,12?/m0/s1. The third-order valence-electron chi connectivity index (χ3n) is 3.11. The molecule has 5 heteroatoms. The minimum absolute atomic E-state index is 0.127. The van der Waals surface area contributed by atoms with Crippen molar-refractivity contribution in [2.75, 3.05) is 6.61 Å². The molecule has 0 aliphatic carbocycles. The Labute approximate surface area is 121 Å². The molecule has 0 saturated carbocycles. The van der Waals surface area contributed by atoms with Crippen LogP contribution in [0.3, 0.4) is 0 Å². The molecule has 0 aromatic heterocycles. The zero-order chi connectivity index (χ0) is 15.2. The fourth-order valence-electron chi connectivity index (χ4n) is 2.09. The summed E-state index contributed by atoms with van der Waals surface area (Å²) in [4.78, 5) is 23.5. The molecule has 1 aliphatic rings. The molecule has 1 rings (SSSR count). The lowest BCUT2D eigenvalue weighted by Gasteiger charge is -2.24. The molecule has 1 N–H and O–H groups in total. The van der Waals surface area contributed by atoms with Gasteiger partial charge < -0.3 is 14.8 Å². The van der Waals surface area contributed by atoms with Gasteiger partial charge in [-0.1, -0.05) is 0 Å². The van der Waals surface area contributed by atoms with Gasteiger partial charge in [-0.2, -0.15) is 0 Å². The van der Waals surface area contributed by atoms with E-state index in [1.807, 2.05) is 0 Å². The molecule has 1 unspecified atom stereocenters. The lowest BCUT2D eigenvalue weighted by Crippen LogP contribution is -2.42. The first kappa shape index (κ1) is 17.0. The molecule has 0 radical (unpaired) electrons. The minimum Gasteiger partial charge on any atom is -0.458 e. The van der Waals surface area contributed by atoms with E-state index in [4.69, 9.17) is 9.47 Å². The van der Waals surface area contributed by atoms with Gasteiger partial charge in [-0.25, -0.2) is 4.79 Å². The number of nitrogens with one attached hydrogen (secondary N) is 1. The lowest BCUT2D eigenvalue weighted by atomic mass is 10.0. The van der Waals surface area contributed by atoms with Gasteiger partial charge >= 0.3 is 5.97 Å². The number of carbonyl (C=O) groups excluding carboxylic acids is 2. The first-order valence-corrected chi connectivity index (χ1v) is 7.42. The molecule has 2 atom stereocenters. The molecule has 1 fully saturated rings. The van der Waals surface area contributed by atoms with Crippen molar-refractivity contribution in [3.05, 3.63) is 0 Å². The highest BCUT2D eigenvalue weighted by atomic mass is 16.6. The fourth-order valence-corrected chi connectivity index (χ4v) is 2.09. The molecule has 0 aromatic carbocycles. The summed E-state index contributed by atoms with van der Waals surface area (Å²) < 4.78 is 10.8. The van der Waals surface area contributed by atoms with Gasteiger partial charge in [0.1, 0.15) is 11.6 Å². The van der Waals surface area contributed by atoms with Crippen LogP contribution in [0, 0.1) is 0 Å². The maximum Gasteiger partial charge on any atom is 0.328 e. The summed E-state index contributed by atoms with van der Waals surface area (Å²) in [5.41, 5.74) is -0.536. The third kappa shape index (κ3) is 6.89. The van der Waals surface area contributed by atoms with Crippen LogP contribution in [0.4, 0.5) is 0 Å². The quantitative estimate of drug-likeness (QED) is 0.786. The van der Waals surface area contributed by atoms with Crippen LogP contribution in [0.1, 0.15) is 59.8 Å². The van der Waals surface area contributed by atoms with Gasteiger partial charge in [0, 0.05) is 13.0 Å². The van der Waals surface area contributed by atoms with E-state index in [1.165, 1.54) is 6.42 Å². The van der Waals surface area contributed by atoms with Crippen molar-refractivity contribution in [2.24, 2.45) is 0 Å². The highest BCUT2D eigenvalue weighted by molar-refractivity contribution is 5.84. The van der Waals surface area contributed by atoms with Gasteiger partial charge in [-0.05, 0) is 53.4 Å². The number of hydrogen-bond donors (Lipinski definition) is 1. The van der Waals surface area contributed by atoms with E-state index in [2.05, 4.69) is 5.32 Å². The number of carbonyl (C=O) groups is 2. The molecular weight excluding hydrogens is 258 g/mol. The summed E-state index contributed by atoms with van der Waals surface area (Å²) in [7, 11) is 0. The van der Waals surface area contributed by atoms with Crippen LogP contribution in [-0.2, 0) is 19.1 Å². The summed E-state index contributed by atoms with van der Waals surface area (Å²) in [6, 6.07) is -0.617. The molecule has 1 saturated heterocycles. The first-order chi connectivity index (χ1) is 9.28. The van der Waals surface area contributed by atoms with E-state index in [9.17, 15) is 9.59 Å². The maximum atomic E-state index is 11.8. The zero-order valence-corrected chi connectivity index (χ0v) is 13.0.